The van der Waals surface area contributed by atoms with Crippen LogP contribution in [0.3, 0.4) is 0 Å². The third-order valence-electron chi connectivity index (χ3n) is 4.75. The molecule has 0 aliphatic carbocycles. The molecule has 0 bridgehead atoms. The minimum atomic E-state index is -0.816. The van der Waals surface area contributed by atoms with Gasteiger partial charge in [-0.3, -0.25) is 0 Å². The smallest absolute Gasteiger partial charge is 0.125 e. The van der Waals surface area contributed by atoms with Crippen molar-refractivity contribution >= 4 is 0 Å². The third-order valence-corrected chi connectivity index (χ3v) is 4.75. The number of alkyl halides is 1. The van der Waals surface area contributed by atoms with Crippen LogP contribution in [0.1, 0.15) is 37.8 Å². The van der Waals surface area contributed by atoms with E-state index in [1.165, 1.54) is 0 Å². The maximum absolute atomic E-state index is 13.6. The zero-order chi connectivity index (χ0) is 18.5. The molecule has 0 N–H and O–H groups in total. The Kier molecular flexibility index (Phi) is 5.94. The van der Waals surface area contributed by atoms with Crippen LogP contribution in [0.15, 0.2) is 54.6 Å². The van der Waals surface area contributed by atoms with Crippen LogP contribution in [0.5, 0.6) is 5.75 Å². The van der Waals surface area contributed by atoms with Crippen molar-refractivity contribution in [2.75, 3.05) is 13.3 Å². The molecule has 0 aromatic heterocycles. The van der Waals surface area contributed by atoms with E-state index in [4.69, 9.17) is 14.2 Å². The van der Waals surface area contributed by atoms with Gasteiger partial charge in [0.25, 0.3) is 0 Å². The first-order valence-corrected chi connectivity index (χ1v) is 9.11. The van der Waals surface area contributed by atoms with E-state index in [0.717, 1.165) is 23.3 Å². The molecule has 2 aromatic rings. The standard InChI is InChI=1S/C22H27FO3/c1-21(2)12-13-22(16-23,26-21)17-24-15-19-10-6-7-11-20(19)25-14-18-8-4-3-5-9-18/h3-11H,12-17H2,1-2H3/t22-/m0/s1. The van der Waals surface area contributed by atoms with Crippen LogP contribution in [0.4, 0.5) is 4.39 Å². The minimum absolute atomic E-state index is 0.250. The van der Waals surface area contributed by atoms with Gasteiger partial charge >= 0.3 is 0 Å². The third kappa shape index (κ3) is 4.83. The number of hydrogen-bond acceptors (Lipinski definition) is 3. The summed E-state index contributed by atoms with van der Waals surface area (Å²) in [6.07, 6.45) is 1.53. The molecule has 3 nitrogen and oxygen atoms in total. The second-order valence-corrected chi connectivity index (χ2v) is 7.55. The molecule has 1 heterocycles. The van der Waals surface area contributed by atoms with Crippen LogP contribution in [-0.2, 0) is 22.7 Å². The lowest BCUT2D eigenvalue weighted by molar-refractivity contribution is -0.133. The molecule has 4 heteroatoms. The fraction of sp³-hybridized carbons (Fsp3) is 0.455. The Bertz CT molecular complexity index is 702. The van der Waals surface area contributed by atoms with Crippen molar-refractivity contribution in [1.29, 1.82) is 0 Å². The molecule has 1 fully saturated rings. The van der Waals surface area contributed by atoms with Crippen molar-refractivity contribution in [2.45, 2.75) is 51.1 Å². The van der Waals surface area contributed by atoms with Gasteiger partial charge in [-0.15, -0.1) is 0 Å². The van der Waals surface area contributed by atoms with E-state index >= 15 is 0 Å². The monoisotopic (exact) mass is 358 g/mol. The number of hydrogen-bond donors (Lipinski definition) is 0. The highest BCUT2D eigenvalue weighted by molar-refractivity contribution is 5.33. The van der Waals surface area contributed by atoms with Crippen molar-refractivity contribution < 1.29 is 18.6 Å². The summed E-state index contributed by atoms with van der Waals surface area (Å²) in [5.74, 6) is 0.790. The Morgan fingerprint density at radius 1 is 0.962 bits per heavy atom. The largest absolute Gasteiger partial charge is 0.489 e. The molecule has 26 heavy (non-hydrogen) atoms. The van der Waals surface area contributed by atoms with Gasteiger partial charge in [0.15, 0.2) is 0 Å². The van der Waals surface area contributed by atoms with E-state index in [-0.39, 0.29) is 12.2 Å². The second-order valence-electron chi connectivity index (χ2n) is 7.55. The van der Waals surface area contributed by atoms with E-state index in [1.54, 1.807) is 0 Å². The van der Waals surface area contributed by atoms with Crippen molar-refractivity contribution in [3.8, 4) is 5.75 Å². The Morgan fingerprint density at radius 3 is 2.38 bits per heavy atom. The summed E-state index contributed by atoms with van der Waals surface area (Å²) in [5.41, 5.74) is 0.964. The Morgan fingerprint density at radius 2 is 1.69 bits per heavy atom. The maximum Gasteiger partial charge on any atom is 0.125 e. The number of halogens is 1. The van der Waals surface area contributed by atoms with E-state index in [9.17, 15) is 4.39 Å². The number of para-hydroxylation sites is 1. The van der Waals surface area contributed by atoms with Crippen LogP contribution >= 0.6 is 0 Å². The molecule has 0 radical (unpaired) electrons. The molecule has 0 amide bonds. The first-order valence-electron chi connectivity index (χ1n) is 9.11. The highest BCUT2D eigenvalue weighted by atomic mass is 19.1. The van der Waals surface area contributed by atoms with E-state index in [1.807, 2.05) is 68.4 Å². The van der Waals surface area contributed by atoms with E-state index in [2.05, 4.69) is 0 Å². The molecule has 1 aliphatic rings. The number of ether oxygens (including phenoxy) is 3. The van der Waals surface area contributed by atoms with Crippen molar-refractivity contribution in [3.05, 3.63) is 65.7 Å². The summed E-state index contributed by atoms with van der Waals surface area (Å²) >= 11 is 0. The molecule has 0 unspecified atom stereocenters. The zero-order valence-corrected chi connectivity index (χ0v) is 15.5. The van der Waals surface area contributed by atoms with Crippen LogP contribution in [0, 0.1) is 0 Å². The lowest BCUT2D eigenvalue weighted by Gasteiger charge is -2.29. The molecule has 0 spiro atoms. The highest BCUT2D eigenvalue weighted by Crippen LogP contribution is 2.38. The van der Waals surface area contributed by atoms with Gasteiger partial charge in [-0.1, -0.05) is 48.5 Å². The molecule has 2 aromatic carbocycles. The fourth-order valence-electron chi connectivity index (χ4n) is 3.30. The summed E-state index contributed by atoms with van der Waals surface area (Å²) in [4.78, 5) is 0. The summed E-state index contributed by atoms with van der Waals surface area (Å²) in [5, 5.41) is 0. The fourth-order valence-corrected chi connectivity index (χ4v) is 3.30. The second kappa shape index (κ2) is 8.19. The molecule has 1 saturated heterocycles. The Hall–Kier alpha value is -1.91. The summed E-state index contributed by atoms with van der Waals surface area (Å²) in [7, 11) is 0. The van der Waals surface area contributed by atoms with Crippen LogP contribution in [0.25, 0.3) is 0 Å². The summed E-state index contributed by atoms with van der Waals surface area (Å²) in [6, 6.07) is 17.8. The first kappa shape index (κ1) is 18.9. The van der Waals surface area contributed by atoms with E-state index in [0.29, 0.717) is 19.6 Å². The van der Waals surface area contributed by atoms with Gasteiger partial charge in [0.1, 0.15) is 24.6 Å². The Balaban J connectivity index is 1.57. The minimum Gasteiger partial charge on any atom is -0.489 e. The molecule has 140 valence electrons. The van der Waals surface area contributed by atoms with Crippen LogP contribution < -0.4 is 4.74 Å². The van der Waals surface area contributed by atoms with Gasteiger partial charge in [-0.25, -0.2) is 4.39 Å². The van der Waals surface area contributed by atoms with Crippen molar-refractivity contribution in [1.82, 2.24) is 0 Å². The van der Waals surface area contributed by atoms with Crippen molar-refractivity contribution in [3.63, 3.8) is 0 Å². The average Bonchev–Trinajstić information content (AvgIpc) is 2.97. The maximum atomic E-state index is 13.6. The number of benzene rings is 2. The lowest BCUT2D eigenvalue weighted by atomic mass is 9.99. The molecule has 0 saturated carbocycles. The first-order chi connectivity index (χ1) is 12.5. The average molecular weight is 358 g/mol. The molecule has 1 atom stereocenters. The van der Waals surface area contributed by atoms with Gasteiger partial charge in [0.05, 0.1) is 18.8 Å². The predicted octanol–water partition coefficient (Wildman–Crippen LogP) is 5.08. The quantitative estimate of drug-likeness (QED) is 0.659. The normalized spacial score (nSPS) is 21.7. The molecular formula is C22H27FO3. The van der Waals surface area contributed by atoms with Crippen LogP contribution in [0.2, 0.25) is 0 Å². The topological polar surface area (TPSA) is 27.7 Å². The zero-order valence-electron chi connectivity index (χ0n) is 15.5. The molecule has 1 aliphatic heterocycles. The number of rotatable bonds is 8. The highest BCUT2D eigenvalue weighted by Gasteiger charge is 2.44. The van der Waals surface area contributed by atoms with Gasteiger partial charge in [0, 0.05) is 5.56 Å². The lowest BCUT2D eigenvalue weighted by Crippen LogP contribution is -2.39. The van der Waals surface area contributed by atoms with Gasteiger partial charge in [-0.2, -0.15) is 0 Å². The van der Waals surface area contributed by atoms with Gasteiger partial charge in [0.2, 0.25) is 0 Å². The molecular weight excluding hydrogens is 331 g/mol. The SMILES string of the molecule is CC1(C)CC[C@](CF)(COCc2ccccc2OCc2ccccc2)O1. The van der Waals surface area contributed by atoms with E-state index < -0.39 is 12.3 Å². The van der Waals surface area contributed by atoms with Gasteiger partial charge in [-0.05, 0) is 38.3 Å². The van der Waals surface area contributed by atoms with Gasteiger partial charge < -0.3 is 14.2 Å². The predicted molar refractivity (Wildman–Crippen MR) is 100.0 cm³/mol. The van der Waals surface area contributed by atoms with Crippen molar-refractivity contribution in [2.24, 2.45) is 0 Å². The molecule has 3 rings (SSSR count). The Labute approximate surface area is 155 Å². The summed E-state index contributed by atoms with van der Waals surface area (Å²) < 4.78 is 31.3. The van der Waals surface area contributed by atoms with Crippen LogP contribution in [-0.4, -0.2) is 24.5 Å². The summed E-state index contributed by atoms with van der Waals surface area (Å²) in [6.45, 7) is 4.59.